The molecule has 6 nitrogen and oxygen atoms in total. The SMILES string of the molecule is C[C@@H]1CN(c2ccc(OCC3CCC3)cc2)C[C@H](C)N1C(=O)OC1CC2(C1)CN(Cc1ccccc1)C2. The first kappa shape index (κ1) is 24.6. The lowest BCUT2D eigenvalue weighted by Gasteiger charge is -2.58. The van der Waals surface area contributed by atoms with Crippen molar-refractivity contribution in [1.82, 2.24) is 9.80 Å². The van der Waals surface area contributed by atoms with Crippen LogP contribution in [0.15, 0.2) is 54.6 Å². The molecule has 0 radical (unpaired) electrons. The number of amides is 1. The van der Waals surface area contributed by atoms with Crippen molar-refractivity contribution in [2.45, 2.75) is 70.7 Å². The van der Waals surface area contributed by atoms with Crippen LogP contribution in [-0.2, 0) is 11.3 Å². The second-order valence-electron chi connectivity index (χ2n) is 12.2. The van der Waals surface area contributed by atoms with Crippen LogP contribution in [0.4, 0.5) is 10.5 Å². The molecule has 2 aliphatic carbocycles. The van der Waals surface area contributed by atoms with E-state index in [2.05, 4.69) is 78.2 Å². The molecule has 2 atom stereocenters. The Balaban J connectivity index is 0.948. The molecule has 2 aliphatic heterocycles. The first-order chi connectivity index (χ1) is 18.0. The zero-order valence-corrected chi connectivity index (χ0v) is 22.4. The normalized spacial score (nSPS) is 25.8. The molecule has 4 aliphatic rings. The number of anilines is 1. The van der Waals surface area contributed by atoms with Crippen molar-refractivity contribution in [3.05, 3.63) is 60.2 Å². The number of likely N-dealkylation sites (tertiary alicyclic amines) is 1. The molecule has 1 amide bonds. The first-order valence-electron chi connectivity index (χ1n) is 14.2. The third-order valence-electron chi connectivity index (χ3n) is 9.00. The average Bonchev–Trinajstić information content (AvgIpc) is 2.81. The molecule has 0 aromatic heterocycles. The number of nitrogens with zero attached hydrogens (tertiary/aromatic N) is 3. The summed E-state index contributed by atoms with van der Waals surface area (Å²) in [6.07, 6.45) is 5.88. The summed E-state index contributed by atoms with van der Waals surface area (Å²) in [6.45, 7) is 9.98. The third-order valence-corrected chi connectivity index (χ3v) is 9.00. The van der Waals surface area contributed by atoms with Crippen molar-refractivity contribution in [2.24, 2.45) is 11.3 Å². The fourth-order valence-corrected chi connectivity index (χ4v) is 6.83. The monoisotopic (exact) mass is 503 g/mol. The lowest BCUT2D eigenvalue weighted by atomic mass is 9.61. The third kappa shape index (κ3) is 5.31. The van der Waals surface area contributed by atoms with E-state index in [-0.39, 0.29) is 24.3 Å². The number of hydrogen-bond acceptors (Lipinski definition) is 5. The average molecular weight is 504 g/mol. The van der Waals surface area contributed by atoms with E-state index in [1.165, 1.54) is 30.5 Å². The predicted molar refractivity (Wildman–Crippen MR) is 146 cm³/mol. The maximum atomic E-state index is 13.1. The van der Waals surface area contributed by atoms with Gasteiger partial charge >= 0.3 is 6.09 Å². The van der Waals surface area contributed by atoms with Crippen molar-refractivity contribution in [2.75, 3.05) is 37.7 Å². The Hall–Kier alpha value is -2.73. The van der Waals surface area contributed by atoms with Crippen LogP contribution in [0.3, 0.4) is 0 Å². The van der Waals surface area contributed by atoms with E-state index in [0.29, 0.717) is 5.41 Å². The van der Waals surface area contributed by atoms with E-state index in [1.807, 2.05) is 4.90 Å². The van der Waals surface area contributed by atoms with Gasteiger partial charge < -0.3 is 14.4 Å². The molecule has 0 bridgehead atoms. The Morgan fingerprint density at radius 2 is 1.62 bits per heavy atom. The van der Waals surface area contributed by atoms with Crippen molar-refractivity contribution in [3.8, 4) is 5.75 Å². The standard InChI is InChI=1S/C31H41N3O3/c1-23-17-33(27-11-13-28(14-12-27)36-20-26-9-6-10-26)18-24(2)34(23)30(35)37-29-15-31(16-29)21-32(22-31)19-25-7-4-3-5-8-25/h3-5,7-8,11-14,23-24,26,29H,6,9-10,15-22H2,1-2H3/t23-,24+. The van der Waals surface area contributed by atoms with Crippen LogP contribution in [0, 0.1) is 11.3 Å². The number of ether oxygens (including phenoxy) is 2. The van der Waals surface area contributed by atoms with E-state index in [1.54, 1.807) is 0 Å². The summed E-state index contributed by atoms with van der Waals surface area (Å²) in [7, 11) is 0. The second kappa shape index (κ2) is 10.2. The van der Waals surface area contributed by atoms with Crippen molar-refractivity contribution >= 4 is 11.8 Å². The van der Waals surface area contributed by atoms with Crippen LogP contribution in [0.25, 0.3) is 0 Å². The molecule has 2 aromatic carbocycles. The molecule has 6 heteroatoms. The van der Waals surface area contributed by atoms with Gasteiger partial charge in [0.1, 0.15) is 11.9 Å². The van der Waals surface area contributed by atoms with Crippen LogP contribution in [0.2, 0.25) is 0 Å². The van der Waals surface area contributed by atoms with Crippen LogP contribution < -0.4 is 9.64 Å². The lowest BCUT2D eigenvalue weighted by Crippen LogP contribution is -2.64. The molecular weight excluding hydrogens is 462 g/mol. The van der Waals surface area contributed by atoms with Gasteiger partial charge in [0, 0.05) is 43.8 Å². The highest BCUT2D eigenvalue weighted by molar-refractivity contribution is 5.69. The number of rotatable bonds is 7. The highest BCUT2D eigenvalue weighted by Gasteiger charge is 2.54. The van der Waals surface area contributed by atoms with Crippen LogP contribution in [0.1, 0.15) is 51.5 Å². The number of carbonyl (C=O) groups is 1. The van der Waals surface area contributed by atoms with Gasteiger partial charge in [0.05, 0.1) is 18.7 Å². The molecule has 0 N–H and O–H groups in total. The fourth-order valence-electron chi connectivity index (χ4n) is 6.83. The highest BCUT2D eigenvalue weighted by atomic mass is 16.6. The van der Waals surface area contributed by atoms with Gasteiger partial charge in [-0.25, -0.2) is 4.79 Å². The minimum atomic E-state index is -0.139. The quantitative estimate of drug-likeness (QED) is 0.495. The maximum absolute atomic E-state index is 13.1. The molecular formula is C31H41N3O3. The summed E-state index contributed by atoms with van der Waals surface area (Å²) in [5, 5.41) is 0. The molecule has 0 unspecified atom stereocenters. The molecule has 2 heterocycles. The molecule has 2 saturated carbocycles. The number of hydrogen-bond donors (Lipinski definition) is 0. The van der Waals surface area contributed by atoms with Crippen LogP contribution >= 0.6 is 0 Å². The lowest BCUT2D eigenvalue weighted by molar-refractivity contribution is -0.137. The molecule has 1 spiro atoms. The van der Waals surface area contributed by atoms with Gasteiger partial charge in [0.25, 0.3) is 0 Å². The fraction of sp³-hybridized carbons (Fsp3) is 0.581. The van der Waals surface area contributed by atoms with Gasteiger partial charge in [-0.3, -0.25) is 9.80 Å². The van der Waals surface area contributed by atoms with Gasteiger partial charge in [-0.05, 0) is 75.3 Å². The second-order valence-corrected chi connectivity index (χ2v) is 12.2. The highest BCUT2D eigenvalue weighted by Crippen LogP contribution is 2.50. The Morgan fingerprint density at radius 3 is 2.24 bits per heavy atom. The summed E-state index contributed by atoms with van der Waals surface area (Å²) in [5.41, 5.74) is 2.92. The summed E-state index contributed by atoms with van der Waals surface area (Å²) in [5.74, 6) is 1.69. The zero-order chi connectivity index (χ0) is 25.4. The molecule has 4 fully saturated rings. The predicted octanol–water partition coefficient (Wildman–Crippen LogP) is 5.57. The zero-order valence-electron chi connectivity index (χ0n) is 22.4. The molecule has 37 heavy (non-hydrogen) atoms. The van der Waals surface area contributed by atoms with Gasteiger partial charge in [0.2, 0.25) is 0 Å². The van der Waals surface area contributed by atoms with Gasteiger partial charge in [-0.15, -0.1) is 0 Å². The Labute approximate surface area is 221 Å². The van der Waals surface area contributed by atoms with Gasteiger partial charge in [0.15, 0.2) is 0 Å². The van der Waals surface area contributed by atoms with E-state index in [4.69, 9.17) is 9.47 Å². The minimum Gasteiger partial charge on any atom is -0.493 e. The van der Waals surface area contributed by atoms with Crippen molar-refractivity contribution in [3.63, 3.8) is 0 Å². The van der Waals surface area contributed by atoms with E-state index in [9.17, 15) is 4.79 Å². The van der Waals surface area contributed by atoms with Gasteiger partial charge in [-0.2, -0.15) is 0 Å². The van der Waals surface area contributed by atoms with Crippen molar-refractivity contribution < 1.29 is 14.3 Å². The Morgan fingerprint density at radius 1 is 0.946 bits per heavy atom. The Bertz CT molecular complexity index is 1040. The molecule has 198 valence electrons. The largest absolute Gasteiger partial charge is 0.493 e. The first-order valence-corrected chi connectivity index (χ1v) is 14.2. The van der Waals surface area contributed by atoms with E-state index < -0.39 is 0 Å². The Kier molecular flexibility index (Phi) is 6.78. The maximum Gasteiger partial charge on any atom is 0.410 e. The van der Waals surface area contributed by atoms with Crippen LogP contribution in [0.5, 0.6) is 5.75 Å². The summed E-state index contributed by atoms with van der Waals surface area (Å²) in [4.78, 5) is 20.0. The van der Waals surface area contributed by atoms with E-state index >= 15 is 0 Å². The summed E-state index contributed by atoms with van der Waals surface area (Å²) < 4.78 is 12.0. The molecule has 6 rings (SSSR count). The topological polar surface area (TPSA) is 45.3 Å². The van der Waals surface area contributed by atoms with Gasteiger partial charge in [-0.1, -0.05) is 36.8 Å². The summed E-state index contributed by atoms with van der Waals surface area (Å²) in [6, 6.07) is 19.3. The van der Waals surface area contributed by atoms with Crippen LogP contribution in [-0.4, -0.2) is 66.9 Å². The van der Waals surface area contributed by atoms with E-state index in [0.717, 1.165) is 63.8 Å². The smallest absolute Gasteiger partial charge is 0.410 e. The molecule has 2 aromatic rings. The number of piperazine rings is 1. The number of benzene rings is 2. The van der Waals surface area contributed by atoms with Crippen molar-refractivity contribution in [1.29, 1.82) is 0 Å². The number of carbonyl (C=O) groups excluding carboxylic acids is 1. The summed E-state index contributed by atoms with van der Waals surface area (Å²) >= 11 is 0. The minimum absolute atomic E-state index is 0.0660. The molecule has 2 saturated heterocycles.